The van der Waals surface area contributed by atoms with E-state index in [0.717, 1.165) is 12.8 Å². The lowest BCUT2D eigenvalue weighted by Crippen LogP contribution is -2.14. The van der Waals surface area contributed by atoms with Gasteiger partial charge in [0, 0.05) is 6.42 Å². The van der Waals surface area contributed by atoms with Crippen molar-refractivity contribution in [1.29, 1.82) is 0 Å². The van der Waals surface area contributed by atoms with Crippen LogP contribution in [0.4, 0.5) is 0 Å². The van der Waals surface area contributed by atoms with Crippen LogP contribution >= 0.6 is 0 Å². The molecule has 19 heavy (non-hydrogen) atoms. The number of para-hydroxylation sites is 1. The van der Waals surface area contributed by atoms with Crippen molar-refractivity contribution in [2.45, 2.75) is 31.8 Å². The highest BCUT2D eigenvalue weighted by Gasteiger charge is 2.25. The fourth-order valence-electron chi connectivity index (χ4n) is 1.90. The molecule has 0 bridgehead atoms. The number of aryl methyl sites for hydroxylation is 1. The Hall–Kier alpha value is -2.17. The van der Waals surface area contributed by atoms with Crippen molar-refractivity contribution in [2.75, 3.05) is 0 Å². The summed E-state index contributed by atoms with van der Waals surface area (Å²) in [4.78, 5) is 30.3. The van der Waals surface area contributed by atoms with Crippen molar-refractivity contribution in [3.8, 4) is 0 Å². The van der Waals surface area contributed by atoms with E-state index >= 15 is 0 Å². The largest absolute Gasteiger partial charge is 0.462 e. The van der Waals surface area contributed by atoms with Crippen molar-refractivity contribution in [3.05, 3.63) is 40.4 Å². The lowest BCUT2D eigenvalue weighted by atomic mass is 10.2. The van der Waals surface area contributed by atoms with Crippen LogP contribution in [0.3, 0.4) is 0 Å². The molecule has 0 aliphatic heterocycles. The first-order valence-corrected chi connectivity index (χ1v) is 6.40. The Bertz CT molecular complexity index is 674. The number of H-pyrrole nitrogens is 1. The van der Waals surface area contributed by atoms with E-state index in [2.05, 4.69) is 9.97 Å². The highest BCUT2D eigenvalue weighted by molar-refractivity contribution is 5.77. The standard InChI is InChI=1S/C14H14N2O3/c17-13(19-9-5-6-9)8-7-12-15-11-4-2-1-3-10(11)14(18)16-12/h1-4,9H,5-8H2,(H,15,16,18). The smallest absolute Gasteiger partial charge is 0.306 e. The SMILES string of the molecule is O=C(CCc1nc2ccccc2c(=O)[nH]1)OC1CC1. The number of benzene rings is 1. The number of hydrogen-bond donors (Lipinski definition) is 1. The molecule has 0 unspecified atom stereocenters. The van der Waals surface area contributed by atoms with Crippen LogP contribution in [-0.4, -0.2) is 22.0 Å². The molecule has 1 aliphatic rings. The third kappa shape index (κ3) is 2.81. The second kappa shape index (κ2) is 4.84. The molecule has 0 radical (unpaired) electrons. The molecule has 98 valence electrons. The lowest BCUT2D eigenvalue weighted by molar-refractivity contribution is -0.144. The van der Waals surface area contributed by atoms with Gasteiger partial charge in [-0.05, 0) is 25.0 Å². The molecule has 5 heteroatoms. The van der Waals surface area contributed by atoms with Gasteiger partial charge in [0.2, 0.25) is 0 Å². The number of carbonyl (C=O) groups excluding carboxylic acids is 1. The Morgan fingerprint density at radius 1 is 1.37 bits per heavy atom. The summed E-state index contributed by atoms with van der Waals surface area (Å²) in [6, 6.07) is 7.15. The van der Waals surface area contributed by atoms with E-state index in [9.17, 15) is 9.59 Å². The van der Waals surface area contributed by atoms with Gasteiger partial charge in [0.25, 0.3) is 5.56 Å². The predicted molar refractivity (Wildman–Crippen MR) is 69.8 cm³/mol. The first kappa shape index (κ1) is 11.9. The molecular formula is C14H14N2O3. The fourth-order valence-corrected chi connectivity index (χ4v) is 1.90. The van der Waals surface area contributed by atoms with E-state index < -0.39 is 0 Å². The van der Waals surface area contributed by atoms with E-state index in [1.807, 2.05) is 6.07 Å². The monoisotopic (exact) mass is 258 g/mol. The summed E-state index contributed by atoms with van der Waals surface area (Å²) in [5, 5.41) is 0.562. The molecule has 1 aromatic heterocycles. The third-order valence-corrected chi connectivity index (χ3v) is 3.05. The average Bonchev–Trinajstić information content (AvgIpc) is 3.20. The van der Waals surface area contributed by atoms with Crippen LogP contribution in [0.15, 0.2) is 29.1 Å². The number of ether oxygens (including phenoxy) is 1. The molecule has 1 saturated carbocycles. The van der Waals surface area contributed by atoms with Gasteiger partial charge in [-0.25, -0.2) is 4.98 Å². The molecule has 5 nitrogen and oxygen atoms in total. The van der Waals surface area contributed by atoms with Crippen LogP contribution in [-0.2, 0) is 16.0 Å². The Morgan fingerprint density at radius 3 is 2.95 bits per heavy atom. The van der Waals surface area contributed by atoms with Gasteiger partial charge < -0.3 is 9.72 Å². The molecule has 2 aromatic rings. The van der Waals surface area contributed by atoms with Crippen molar-refractivity contribution in [2.24, 2.45) is 0 Å². The number of rotatable bonds is 4. The number of aromatic nitrogens is 2. The second-order valence-electron chi connectivity index (χ2n) is 4.72. The molecule has 0 spiro atoms. The van der Waals surface area contributed by atoms with Gasteiger partial charge >= 0.3 is 5.97 Å². The Balaban J connectivity index is 1.73. The maximum absolute atomic E-state index is 11.8. The van der Waals surface area contributed by atoms with E-state index in [4.69, 9.17) is 4.74 Å². The summed E-state index contributed by atoms with van der Waals surface area (Å²) in [6.07, 6.45) is 2.70. The number of nitrogens with zero attached hydrogens (tertiary/aromatic N) is 1. The van der Waals surface area contributed by atoms with Gasteiger partial charge in [0.1, 0.15) is 11.9 Å². The van der Waals surface area contributed by atoms with Gasteiger partial charge in [0.05, 0.1) is 17.3 Å². The number of carbonyl (C=O) groups is 1. The Labute approximate surface area is 109 Å². The highest BCUT2D eigenvalue weighted by Crippen LogP contribution is 2.23. The van der Waals surface area contributed by atoms with Crippen molar-refractivity contribution < 1.29 is 9.53 Å². The average molecular weight is 258 g/mol. The zero-order valence-electron chi connectivity index (χ0n) is 10.4. The molecule has 0 saturated heterocycles. The molecule has 1 heterocycles. The van der Waals surface area contributed by atoms with E-state index in [1.165, 1.54) is 0 Å². The minimum Gasteiger partial charge on any atom is -0.462 e. The quantitative estimate of drug-likeness (QED) is 0.845. The Morgan fingerprint density at radius 2 is 2.16 bits per heavy atom. The summed E-state index contributed by atoms with van der Waals surface area (Å²) in [5.41, 5.74) is 0.480. The number of hydrogen-bond acceptors (Lipinski definition) is 4. The summed E-state index contributed by atoms with van der Waals surface area (Å²) >= 11 is 0. The van der Waals surface area contributed by atoms with Gasteiger partial charge in [0.15, 0.2) is 0 Å². The van der Waals surface area contributed by atoms with E-state index in [1.54, 1.807) is 18.2 Å². The lowest BCUT2D eigenvalue weighted by Gasteiger charge is -2.03. The topological polar surface area (TPSA) is 72.0 Å². The summed E-state index contributed by atoms with van der Waals surface area (Å²) in [6.45, 7) is 0. The van der Waals surface area contributed by atoms with Crippen LogP contribution < -0.4 is 5.56 Å². The number of fused-ring (bicyclic) bond motifs is 1. The number of aromatic amines is 1. The minimum atomic E-state index is -0.224. The zero-order chi connectivity index (χ0) is 13.2. The molecule has 0 atom stereocenters. The molecule has 1 N–H and O–H groups in total. The van der Waals surface area contributed by atoms with Crippen molar-refractivity contribution >= 4 is 16.9 Å². The van der Waals surface area contributed by atoms with Crippen LogP contribution in [0.25, 0.3) is 10.9 Å². The van der Waals surface area contributed by atoms with Crippen molar-refractivity contribution in [1.82, 2.24) is 9.97 Å². The molecular weight excluding hydrogens is 244 g/mol. The summed E-state index contributed by atoms with van der Waals surface area (Å²) in [5.74, 6) is 0.301. The number of nitrogens with one attached hydrogen (secondary N) is 1. The van der Waals surface area contributed by atoms with Gasteiger partial charge in [-0.15, -0.1) is 0 Å². The van der Waals surface area contributed by atoms with E-state index in [-0.39, 0.29) is 24.1 Å². The highest BCUT2D eigenvalue weighted by atomic mass is 16.5. The maximum atomic E-state index is 11.8. The molecule has 0 amide bonds. The molecule has 1 fully saturated rings. The van der Waals surface area contributed by atoms with Crippen LogP contribution in [0, 0.1) is 0 Å². The minimum absolute atomic E-state index is 0.121. The first-order valence-electron chi connectivity index (χ1n) is 6.40. The molecule has 3 rings (SSSR count). The number of esters is 1. The maximum Gasteiger partial charge on any atom is 0.306 e. The predicted octanol–water partition coefficient (Wildman–Crippen LogP) is 1.56. The van der Waals surface area contributed by atoms with Crippen LogP contribution in [0.2, 0.25) is 0 Å². The van der Waals surface area contributed by atoms with Crippen molar-refractivity contribution in [3.63, 3.8) is 0 Å². The molecule has 1 aromatic carbocycles. The molecule has 1 aliphatic carbocycles. The van der Waals surface area contributed by atoms with E-state index in [0.29, 0.717) is 23.1 Å². The second-order valence-corrected chi connectivity index (χ2v) is 4.72. The van der Waals surface area contributed by atoms with Gasteiger partial charge in [-0.1, -0.05) is 12.1 Å². The Kier molecular flexibility index (Phi) is 3.03. The fraction of sp³-hybridized carbons (Fsp3) is 0.357. The summed E-state index contributed by atoms with van der Waals surface area (Å²) < 4.78 is 5.14. The summed E-state index contributed by atoms with van der Waals surface area (Å²) in [7, 11) is 0. The zero-order valence-corrected chi connectivity index (χ0v) is 10.4. The third-order valence-electron chi connectivity index (χ3n) is 3.05. The first-order chi connectivity index (χ1) is 9.22. The van der Waals surface area contributed by atoms with Gasteiger partial charge in [-0.3, -0.25) is 9.59 Å². The van der Waals surface area contributed by atoms with Crippen LogP contribution in [0.5, 0.6) is 0 Å². The van der Waals surface area contributed by atoms with Gasteiger partial charge in [-0.2, -0.15) is 0 Å². The normalized spacial score (nSPS) is 14.5. The van der Waals surface area contributed by atoms with Crippen LogP contribution in [0.1, 0.15) is 25.1 Å².